The zero-order valence-electron chi connectivity index (χ0n) is 11.2. The second-order valence-corrected chi connectivity index (χ2v) is 5.23. The highest BCUT2D eigenvalue weighted by Gasteiger charge is 2.14. The molecule has 1 N–H and O–H groups in total. The number of hydrogen-bond donors (Lipinski definition) is 1. The first-order valence-electron chi connectivity index (χ1n) is 6.58. The van der Waals surface area contributed by atoms with E-state index >= 15 is 0 Å². The summed E-state index contributed by atoms with van der Waals surface area (Å²) in [6.07, 6.45) is 2.57. The van der Waals surface area contributed by atoms with Crippen LogP contribution in [-0.4, -0.2) is 19.7 Å². The summed E-state index contributed by atoms with van der Waals surface area (Å²) in [4.78, 5) is 0. The molecule has 94 valence electrons. The van der Waals surface area contributed by atoms with Gasteiger partial charge in [-0.25, -0.2) is 0 Å². The molecule has 1 aliphatic heterocycles. The SMILES string of the molecule is Cc1cc(C)c(C)c(OCC2CCCNC2)c1. The number of rotatable bonds is 3. The first-order valence-corrected chi connectivity index (χ1v) is 6.58. The van der Waals surface area contributed by atoms with Crippen molar-refractivity contribution in [1.82, 2.24) is 5.32 Å². The van der Waals surface area contributed by atoms with Crippen molar-refractivity contribution in [2.24, 2.45) is 5.92 Å². The molecule has 1 saturated heterocycles. The van der Waals surface area contributed by atoms with Gasteiger partial charge in [0, 0.05) is 12.5 Å². The van der Waals surface area contributed by atoms with Crippen molar-refractivity contribution >= 4 is 0 Å². The molecule has 1 fully saturated rings. The predicted molar refractivity (Wildman–Crippen MR) is 71.7 cm³/mol. The first kappa shape index (κ1) is 12.4. The molecule has 1 aromatic rings. The Labute approximate surface area is 104 Å². The van der Waals surface area contributed by atoms with Crippen LogP contribution in [0.25, 0.3) is 0 Å². The maximum absolute atomic E-state index is 6.00. The van der Waals surface area contributed by atoms with Crippen LogP contribution in [-0.2, 0) is 0 Å². The van der Waals surface area contributed by atoms with Crippen molar-refractivity contribution in [1.29, 1.82) is 0 Å². The monoisotopic (exact) mass is 233 g/mol. The fraction of sp³-hybridized carbons (Fsp3) is 0.600. The summed E-state index contributed by atoms with van der Waals surface area (Å²) in [6.45, 7) is 9.53. The normalized spacial score (nSPS) is 20.3. The molecule has 17 heavy (non-hydrogen) atoms. The second kappa shape index (κ2) is 5.54. The molecule has 0 aliphatic carbocycles. The molecule has 1 aromatic carbocycles. The van der Waals surface area contributed by atoms with Gasteiger partial charge in [0.2, 0.25) is 0 Å². The molecule has 0 radical (unpaired) electrons. The van der Waals surface area contributed by atoms with E-state index in [2.05, 4.69) is 38.2 Å². The summed E-state index contributed by atoms with van der Waals surface area (Å²) in [6, 6.07) is 4.36. The Kier molecular flexibility index (Phi) is 4.06. The Balaban J connectivity index is 1.98. The number of benzene rings is 1. The lowest BCUT2D eigenvalue weighted by atomic mass is 10.0. The van der Waals surface area contributed by atoms with Gasteiger partial charge < -0.3 is 10.1 Å². The quantitative estimate of drug-likeness (QED) is 0.866. The van der Waals surface area contributed by atoms with Crippen LogP contribution in [0.4, 0.5) is 0 Å². The predicted octanol–water partition coefficient (Wildman–Crippen LogP) is 2.99. The summed E-state index contributed by atoms with van der Waals surface area (Å²) < 4.78 is 6.00. The van der Waals surface area contributed by atoms with Crippen LogP contribution < -0.4 is 10.1 Å². The van der Waals surface area contributed by atoms with E-state index in [-0.39, 0.29) is 0 Å². The van der Waals surface area contributed by atoms with Crippen LogP contribution in [0.5, 0.6) is 5.75 Å². The molecule has 2 heteroatoms. The lowest BCUT2D eigenvalue weighted by molar-refractivity contribution is 0.217. The van der Waals surface area contributed by atoms with Gasteiger partial charge in [-0.1, -0.05) is 6.07 Å². The zero-order valence-corrected chi connectivity index (χ0v) is 11.2. The van der Waals surface area contributed by atoms with Gasteiger partial charge in [-0.15, -0.1) is 0 Å². The fourth-order valence-electron chi connectivity index (χ4n) is 2.42. The Morgan fingerprint density at radius 2 is 2.12 bits per heavy atom. The Morgan fingerprint density at radius 3 is 2.82 bits per heavy atom. The van der Waals surface area contributed by atoms with Gasteiger partial charge >= 0.3 is 0 Å². The number of nitrogens with one attached hydrogen (secondary N) is 1. The molecule has 0 aromatic heterocycles. The van der Waals surface area contributed by atoms with E-state index in [9.17, 15) is 0 Å². The summed E-state index contributed by atoms with van der Waals surface area (Å²) >= 11 is 0. The third-order valence-electron chi connectivity index (χ3n) is 3.64. The third kappa shape index (κ3) is 3.22. The number of aryl methyl sites for hydroxylation is 2. The third-order valence-corrected chi connectivity index (χ3v) is 3.64. The Hall–Kier alpha value is -1.02. The molecule has 1 heterocycles. The van der Waals surface area contributed by atoms with Crippen LogP contribution in [0.3, 0.4) is 0 Å². The van der Waals surface area contributed by atoms with Crippen molar-refractivity contribution < 1.29 is 4.74 Å². The number of hydrogen-bond acceptors (Lipinski definition) is 2. The van der Waals surface area contributed by atoms with E-state index in [1.54, 1.807) is 0 Å². The molecule has 0 bridgehead atoms. The minimum Gasteiger partial charge on any atom is -0.493 e. The minimum absolute atomic E-state index is 0.670. The molecule has 1 unspecified atom stereocenters. The molecule has 0 amide bonds. The summed E-state index contributed by atoms with van der Waals surface area (Å²) in [7, 11) is 0. The van der Waals surface area contributed by atoms with E-state index in [0.29, 0.717) is 5.92 Å². The Morgan fingerprint density at radius 1 is 1.29 bits per heavy atom. The number of piperidine rings is 1. The molecule has 0 saturated carbocycles. The van der Waals surface area contributed by atoms with Gasteiger partial charge in [-0.2, -0.15) is 0 Å². The highest BCUT2D eigenvalue weighted by atomic mass is 16.5. The maximum atomic E-state index is 6.00. The lowest BCUT2D eigenvalue weighted by Gasteiger charge is -2.23. The van der Waals surface area contributed by atoms with Gasteiger partial charge in [0.1, 0.15) is 5.75 Å². The van der Waals surface area contributed by atoms with E-state index < -0.39 is 0 Å². The largest absolute Gasteiger partial charge is 0.493 e. The second-order valence-electron chi connectivity index (χ2n) is 5.23. The summed E-state index contributed by atoms with van der Waals surface area (Å²) in [5.41, 5.74) is 3.88. The van der Waals surface area contributed by atoms with Crippen molar-refractivity contribution in [3.63, 3.8) is 0 Å². The average molecular weight is 233 g/mol. The zero-order chi connectivity index (χ0) is 12.3. The van der Waals surface area contributed by atoms with Gasteiger partial charge in [-0.05, 0) is 62.9 Å². The van der Waals surface area contributed by atoms with Gasteiger partial charge in [0.05, 0.1) is 6.61 Å². The first-order chi connectivity index (χ1) is 8.16. The van der Waals surface area contributed by atoms with Gasteiger partial charge in [0.15, 0.2) is 0 Å². The van der Waals surface area contributed by atoms with Crippen LogP contribution in [0.15, 0.2) is 12.1 Å². The van der Waals surface area contributed by atoms with Crippen LogP contribution in [0, 0.1) is 26.7 Å². The van der Waals surface area contributed by atoms with E-state index in [1.165, 1.54) is 36.1 Å². The molecule has 1 atom stereocenters. The molecular formula is C15H23NO. The summed E-state index contributed by atoms with van der Waals surface area (Å²) in [5.74, 6) is 1.73. The van der Waals surface area contributed by atoms with E-state index in [0.717, 1.165) is 18.9 Å². The number of ether oxygens (including phenoxy) is 1. The Bertz CT molecular complexity index is 381. The van der Waals surface area contributed by atoms with Crippen molar-refractivity contribution in [3.05, 3.63) is 28.8 Å². The van der Waals surface area contributed by atoms with E-state index in [4.69, 9.17) is 4.74 Å². The van der Waals surface area contributed by atoms with E-state index in [1.807, 2.05) is 0 Å². The standard InChI is InChI=1S/C15H23NO/c1-11-7-12(2)13(3)15(8-11)17-10-14-5-4-6-16-9-14/h7-8,14,16H,4-6,9-10H2,1-3H3. The topological polar surface area (TPSA) is 21.3 Å². The van der Waals surface area contributed by atoms with Crippen LogP contribution >= 0.6 is 0 Å². The highest BCUT2D eigenvalue weighted by molar-refractivity contribution is 5.41. The van der Waals surface area contributed by atoms with Gasteiger partial charge in [-0.3, -0.25) is 0 Å². The van der Waals surface area contributed by atoms with Crippen molar-refractivity contribution in [2.45, 2.75) is 33.6 Å². The molecule has 0 spiro atoms. The van der Waals surface area contributed by atoms with Crippen LogP contribution in [0.2, 0.25) is 0 Å². The molecule has 1 aliphatic rings. The highest BCUT2D eigenvalue weighted by Crippen LogP contribution is 2.24. The average Bonchev–Trinajstić information content (AvgIpc) is 2.33. The van der Waals surface area contributed by atoms with Gasteiger partial charge in [0.25, 0.3) is 0 Å². The smallest absolute Gasteiger partial charge is 0.122 e. The van der Waals surface area contributed by atoms with Crippen molar-refractivity contribution in [2.75, 3.05) is 19.7 Å². The van der Waals surface area contributed by atoms with Crippen molar-refractivity contribution in [3.8, 4) is 5.75 Å². The van der Waals surface area contributed by atoms with Crippen LogP contribution in [0.1, 0.15) is 29.5 Å². The molecular weight excluding hydrogens is 210 g/mol. The fourth-order valence-corrected chi connectivity index (χ4v) is 2.42. The minimum atomic E-state index is 0.670. The summed E-state index contributed by atoms with van der Waals surface area (Å²) in [5, 5.41) is 3.43. The molecule has 2 nitrogen and oxygen atoms in total. The maximum Gasteiger partial charge on any atom is 0.122 e. The molecule has 2 rings (SSSR count). The lowest BCUT2D eigenvalue weighted by Crippen LogP contribution is -2.33.